The van der Waals surface area contributed by atoms with Gasteiger partial charge in [0.05, 0.1) is 11.6 Å². The van der Waals surface area contributed by atoms with Crippen LogP contribution in [0.15, 0.2) is 30.3 Å². The monoisotopic (exact) mass is 345 g/mol. The normalized spacial score (nSPS) is 11.8. The summed E-state index contributed by atoms with van der Waals surface area (Å²) in [5.41, 5.74) is 2.76. The topological polar surface area (TPSA) is 55.4 Å². The summed E-state index contributed by atoms with van der Waals surface area (Å²) in [6.07, 6.45) is 0.769. The minimum Gasteiger partial charge on any atom is -0.452 e. The number of aryl methyl sites for hydroxylation is 3. The van der Waals surface area contributed by atoms with Crippen LogP contribution in [0.25, 0.3) is 0 Å². The number of carbonyl (C=O) groups excluding carboxylic acids is 2. The molecule has 1 aromatic heterocycles. The molecule has 0 saturated heterocycles. The summed E-state index contributed by atoms with van der Waals surface area (Å²) in [6.45, 7) is 7.58. The molecular formula is C19H23NO3S. The van der Waals surface area contributed by atoms with Gasteiger partial charge in [-0.25, -0.2) is 4.79 Å². The van der Waals surface area contributed by atoms with Crippen molar-refractivity contribution in [2.45, 2.75) is 40.2 Å². The number of ether oxygens (including phenoxy) is 1. The van der Waals surface area contributed by atoms with Crippen LogP contribution in [0.2, 0.25) is 0 Å². The smallest absolute Gasteiger partial charge is 0.339 e. The van der Waals surface area contributed by atoms with Gasteiger partial charge < -0.3 is 10.1 Å². The first-order chi connectivity index (χ1) is 11.4. The summed E-state index contributed by atoms with van der Waals surface area (Å²) < 4.78 is 5.14. The molecule has 2 aromatic rings. The van der Waals surface area contributed by atoms with Crippen molar-refractivity contribution in [1.82, 2.24) is 5.32 Å². The maximum Gasteiger partial charge on any atom is 0.339 e. The van der Waals surface area contributed by atoms with Gasteiger partial charge in [-0.3, -0.25) is 4.79 Å². The lowest BCUT2D eigenvalue weighted by molar-refractivity contribution is -0.125. The fourth-order valence-electron chi connectivity index (χ4n) is 2.50. The van der Waals surface area contributed by atoms with Gasteiger partial charge in [-0.1, -0.05) is 36.8 Å². The number of hydrogen-bond acceptors (Lipinski definition) is 4. The highest BCUT2D eigenvalue weighted by Gasteiger charge is 2.17. The second kappa shape index (κ2) is 8.11. The standard InChI is InChI=1S/C19H23NO3S/c1-5-17(15-8-6-12(2)7-9-15)20-18(21)11-23-19(22)16-10-13(3)24-14(16)4/h6-10,17H,5,11H2,1-4H3,(H,20,21)/t17-/m1/s1. The van der Waals surface area contributed by atoms with E-state index >= 15 is 0 Å². The third-order valence-electron chi connectivity index (χ3n) is 3.82. The summed E-state index contributed by atoms with van der Waals surface area (Å²) in [5.74, 6) is -0.740. The second-order valence-electron chi connectivity index (χ2n) is 5.84. The number of rotatable bonds is 6. The maximum atomic E-state index is 12.1. The van der Waals surface area contributed by atoms with Crippen molar-refractivity contribution < 1.29 is 14.3 Å². The average Bonchev–Trinajstić information content (AvgIpc) is 2.90. The summed E-state index contributed by atoms with van der Waals surface area (Å²) in [5, 5.41) is 2.92. The van der Waals surface area contributed by atoms with Crippen molar-refractivity contribution in [2.75, 3.05) is 6.61 Å². The number of hydrogen-bond donors (Lipinski definition) is 1. The van der Waals surface area contributed by atoms with Crippen molar-refractivity contribution in [3.63, 3.8) is 0 Å². The van der Waals surface area contributed by atoms with Crippen molar-refractivity contribution in [3.8, 4) is 0 Å². The van der Waals surface area contributed by atoms with E-state index in [1.165, 1.54) is 5.56 Å². The van der Waals surface area contributed by atoms with Gasteiger partial charge in [0.1, 0.15) is 0 Å². The predicted octanol–water partition coefficient (Wildman–Crippen LogP) is 4.10. The molecule has 0 radical (unpaired) electrons. The van der Waals surface area contributed by atoms with Gasteiger partial charge in [-0.2, -0.15) is 0 Å². The van der Waals surface area contributed by atoms with E-state index in [1.54, 1.807) is 17.4 Å². The molecule has 0 aliphatic rings. The van der Waals surface area contributed by atoms with E-state index in [1.807, 2.05) is 52.0 Å². The number of thiophene rings is 1. The highest BCUT2D eigenvalue weighted by molar-refractivity contribution is 7.12. The largest absolute Gasteiger partial charge is 0.452 e. The van der Waals surface area contributed by atoms with Gasteiger partial charge in [0.2, 0.25) is 0 Å². The Balaban J connectivity index is 1.91. The van der Waals surface area contributed by atoms with Gasteiger partial charge in [0.25, 0.3) is 5.91 Å². The van der Waals surface area contributed by atoms with Crippen LogP contribution in [0.1, 0.15) is 50.6 Å². The third-order valence-corrected chi connectivity index (χ3v) is 4.78. The average molecular weight is 345 g/mol. The Morgan fingerprint density at radius 1 is 1.17 bits per heavy atom. The number of amides is 1. The van der Waals surface area contributed by atoms with Gasteiger partial charge in [-0.05, 0) is 38.8 Å². The number of benzene rings is 1. The third kappa shape index (κ3) is 4.68. The van der Waals surface area contributed by atoms with Crippen LogP contribution in [0.3, 0.4) is 0 Å². The zero-order chi connectivity index (χ0) is 17.7. The molecule has 1 N–H and O–H groups in total. The van der Waals surface area contributed by atoms with E-state index in [9.17, 15) is 9.59 Å². The first kappa shape index (κ1) is 18.2. The number of nitrogens with one attached hydrogen (secondary N) is 1. The van der Waals surface area contributed by atoms with Gasteiger partial charge in [-0.15, -0.1) is 11.3 Å². The summed E-state index contributed by atoms with van der Waals surface area (Å²) in [7, 11) is 0. The Bertz CT molecular complexity index is 719. The Kier molecular flexibility index (Phi) is 6.15. The molecule has 0 spiro atoms. The van der Waals surface area contributed by atoms with Crippen LogP contribution in [0.5, 0.6) is 0 Å². The molecule has 24 heavy (non-hydrogen) atoms. The van der Waals surface area contributed by atoms with Crippen molar-refractivity contribution >= 4 is 23.2 Å². The van der Waals surface area contributed by atoms with E-state index < -0.39 is 5.97 Å². The first-order valence-corrected chi connectivity index (χ1v) is 8.82. The molecule has 0 unspecified atom stereocenters. The SMILES string of the molecule is CC[C@@H](NC(=O)COC(=O)c1cc(C)sc1C)c1ccc(C)cc1. The van der Waals surface area contributed by atoms with Crippen LogP contribution in [0, 0.1) is 20.8 Å². The van der Waals surface area contributed by atoms with E-state index in [-0.39, 0.29) is 18.6 Å². The van der Waals surface area contributed by atoms with E-state index in [2.05, 4.69) is 5.32 Å². The fraction of sp³-hybridized carbons (Fsp3) is 0.368. The van der Waals surface area contributed by atoms with Crippen molar-refractivity contribution in [1.29, 1.82) is 0 Å². The predicted molar refractivity (Wildman–Crippen MR) is 96.4 cm³/mol. The van der Waals surface area contributed by atoms with Crippen molar-refractivity contribution in [2.24, 2.45) is 0 Å². The molecule has 1 amide bonds. The summed E-state index contributed by atoms with van der Waals surface area (Å²) >= 11 is 1.54. The molecule has 0 saturated carbocycles. The molecule has 0 fully saturated rings. The molecule has 0 aliphatic heterocycles. The van der Waals surface area contributed by atoms with Crippen molar-refractivity contribution in [3.05, 3.63) is 56.8 Å². The van der Waals surface area contributed by atoms with Crippen LogP contribution in [0.4, 0.5) is 0 Å². The zero-order valence-electron chi connectivity index (χ0n) is 14.5. The Labute approximate surface area is 146 Å². The fourth-order valence-corrected chi connectivity index (χ4v) is 3.41. The maximum absolute atomic E-state index is 12.1. The van der Waals surface area contributed by atoms with Crippen LogP contribution in [-0.4, -0.2) is 18.5 Å². The molecule has 0 aliphatic carbocycles. The molecule has 128 valence electrons. The van der Waals surface area contributed by atoms with E-state index in [0.29, 0.717) is 5.56 Å². The Morgan fingerprint density at radius 2 is 1.83 bits per heavy atom. The molecule has 5 heteroatoms. The summed E-state index contributed by atoms with van der Waals surface area (Å²) in [4.78, 5) is 26.1. The Morgan fingerprint density at radius 3 is 2.38 bits per heavy atom. The highest BCUT2D eigenvalue weighted by Crippen LogP contribution is 2.21. The molecule has 1 heterocycles. The molecule has 2 rings (SSSR count). The van der Waals surface area contributed by atoms with E-state index in [4.69, 9.17) is 4.74 Å². The second-order valence-corrected chi connectivity index (χ2v) is 7.30. The van der Waals surface area contributed by atoms with Crippen LogP contribution in [-0.2, 0) is 9.53 Å². The molecular weight excluding hydrogens is 322 g/mol. The summed E-state index contributed by atoms with van der Waals surface area (Å²) in [6, 6.07) is 9.77. The number of carbonyl (C=O) groups is 2. The molecule has 0 bridgehead atoms. The Hall–Kier alpha value is -2.14. The minimum absolute atomic E-state index is 0.0815. The molecule has 1 aromatic carbocycles. The lowest BCUT2D eigenvalue weighted by atomic mass is 10.0. The van der Waals surface area contributed by atoms with Gasteiger partial charge >= 0.3 is 5.97 Å². The minimum atomic E-state index is -0.449. The van der Waals surface area contributed by atoms with Gasteiger partial charge in [0, 0.05) is 9.75 Å². The van der Waals surface area contributed by atoms with Crippen LogP contribution < -0.4 is 5.32 Å². The molecule has 1 atom stereocenters. The lowest BCUT2D eigenvalue weighted by Gasteiger charge is -2.17. The van der Waals surface area contributed by atoms with Gasteiger partial charge in [0.15, 0.2) is 6.61 Å². The molecule has 4 nitrogen and oxygen atoms in total. The quantitative estimate of drug-likeness (QED) is 0.802. The number of esters is 1. The zero-order valence-corrected chi connectivity index (χ0v) is 15.3. The highest BCUT2D eigenvalue weighted by atomic mass is 32.1. The first-order valence-electron chi connectivity index (χ1n) is 8.00. The lowest BCUT2D eigenvalue weighted by Crippen LogP contribution is -2.32. The van der Waals surface area contributed by atoms with Crippen LogP contribution >= 0.6 is 11.3 Å². The van der Waals surface area contributed by atoms with E-state index in [0.717, 1.165) is 21.7 Å².